The Morgan fingerprint density at radius 3 is 2.68 bits per heavy atom. The minimum Gasteiger partial charge on any atom is -0.328 e. The highest BCUT2D eigenvalue weighted by molar-refractivity contribution is 5.57. The van der Waals surface area contributed by atoms with Gasteiger partial charge in [0, 0.05) is 51.4 Å². The molecule has 0 saturated carbocycles. The van der Waals surface area contributed by atoms with Gasteiger partial charge in [0.25, 0.3) is 0 Å². The molecule has 2 aliphatic rings. The van der Waals surface area contributed by atoms with Crippen LogP contribution >= 0.6 is 0 Å². The molecular formula is C20H23N5. The number of aromatic nitrogens is 4. The topological polar surface area (TPSA) is 38.9 Å². The second-order valence-corrected chi connectivity index (χ2v) is 7.48. The predicted octanol–water partition coefficient (Wildman–Crippen LogP) is 2.59. The van der Waals surface area contributed by atoms with Crippen molar-refractivity contribution in [1.29, 1.82) is 0 Å². The summed E-state index contributed by atoms with van der Waals surface area (Å²) in [6, 6.07) is 10.8. The van der Waals surface area contributed by atoms with Gasteiger partial charge in [-0.3, -0.25) is 9.58 Å². The molecule has 128 valence electrons. The van der Waals surface area contributed by atoms with Crippen molar-refractivity contribution in [1.82, 2.24) is 24.2 Å². The maximum Gasteiger partial charge on any atom is 0.109 e. The van der Waals surface area contributed by atoms with E-state index in [9.17, 15) is 0 Å². The minimum atomic E-state index is 0.723. The van der Waals surface area contributed by atoms with Crippen molar-refractivity contribution < 1.29 is 0 Å². The molecule has 5 heteroatoms. The molecule has 0 spiro atoms. The van der Waals surface area contributed by atoms with Crippen LogP contribution in [-0.4, -0.2) is 37.3 Å². The largest absolute Gasteiger partial charge is 0.328 e. The number of imidazole rings is 1. The summed E-state index contributed by atoms with van der Waals surface area (Å²) in [7, 11) is 1.96. The van der Waals surface area contributed by atoms with Crippen LogP contribution < -0.4 is 0 Å². The lowest BCUT2D eigenvalue weighted by Crippen LogP contribution is -2.28. The summed E-state index contributed by atoms with van der Waals surface area (Å²) in [6.45, 7) is 4.51. The number of benzene rings is 1. The van der Waals surface area contributed by atoms with E-state index in [-0.39, 0.29) is 0 Å². The highest BCUT2D eigenvalue weighted by Gasteiger charge is 2.37. The van der Waals surface area contributed by atoms with Crippen molar-refractivity contribution >= 4 is 0 Å². The molecule has 1 fully saturated rings. The fourth-order valence-electron chi connectivity index (χ4n) is 4.48. The molecule has 25 heavy (non-hydrogen) atoms. The van der Waals surface area contributed by atoms with E-state index in [1.807, 2.05) is 24.1 Å². The molecule has 1 saturated heterocycles. The van der Waals surface area contributed by atoms with Gasteiger partial charge in [0.1, 0.15) is 5.82 Å². The van der Waals surface area contributed by atoms with Gasteiger partial charge in [0.05, 0.1) is 18.1 Å². The highest BCUT2D eigenvalue weighted by Crippen LogP contribution is 2.35. The highest BCUT2D eigenvalue weighted by atomic mass is 15.2. The number of hydrogen-bond acceptors (Lipinski definition) is 3. The standard InChI is InChI=1S/C20H23N5/c1-23-11-17(8-22-23)19-9-21-20-7-16-12-24(13-18(16)14-25(19)20)10-15-5-3-2-4-6-15/h2-6,8-9,11,16,18H,7,10,12-14H2,1H3. The Morgan fingerprint density at radius 2 is 1.88 bits per heavy atom. The van der Waals surface area contributed by atoms with Crippen LogP contribution in [0.4, 0.5) is 0 Å². The second-order valence-electron chi connectivity index (χ2n) is 7.48. The number of rotatable bonds is 3. The first-order valence-electron chi connectivity index (χ1n) is 9.06. The zero-order chi connectivity index (χ0) is 16.8. The first kappa shape index (κ1) is 14.9. The van der Waals surface area contributed by atoms with E-state index in [1.54, 1.807) is 0 Å². The van der Waals surface area contributed by atoms with Gasteiger partial charge in [-0.15, -0.1) is 0 Å². The number of likely N-dealkylation sites (tertiary alicyclic amines) is 1. The average molecular weight is 333 g/mol. The van der Waals surface area contributed by atoms with E-state index in [0.717, 1.165) is 31.3 Å². The van der Waals surface area contributed by atoms with Crippen LogP contribution in [0.5, 0.6) is 0 Å². The van der Waals surface area contributed by atoms with E-state index in [2.05, 4.69) is 51.1 Å². The molecule has 1 aromatic carbocycles. The van der Waals surface area contributed by atoms with Crippen molar-refractivity contribution in [2.45, 2.75) is 19.5 Å². The molecule has 4 heterocycles. The fraction of sp³-hybridized carbons (Fsp3) is 0.400. The van der Waals surface area contributed by atoms with Gasteiger partial charge in [-0.25, -0.2) is 4.98 Å². The van der Waals surface area contributed by atoms with Crippen LogP contribution in [0.15, 0.2) is 48.9 Å². The Morgan fingerprint density at radius 1 is 1.04 bits per heavy atom. The molecular weight excluding hydrogens is 310 g/mol. The summed E-state index contributed by atoms with van der Waals surface area (Å²) in [5, 5.41) is 4.31. The first-order valence-corrected chi connectivity index (χ1v) is 9.06. The quantitative estimate of drug-likeness (QED) is 0.739. The number of nitrogens with zero attached hydrogens (tertiary/aromatic N) is 5. The summed E-state index contributed by atoms with van der Waals surface area (Å²) in [6.07, 6.45) is 7.13. The zero-order valence-electron chi connectivity index (χ0n) is 14.5. The van der Waals surface area contributed by atoms with Crippen LogP contribution in [0.1, 0.15) is 11.4 Å². The van der Waals surface area contributed by atoms with Gasteiger partial charge in [-0.1, -0.05) is 30.3 Å². The molecule has 0 radical (unpaired) electrons. The average Bonchev–Trinajstić information content (AvgIpc) is 3.31. The zero-order valence-corrected chi connectivity index (χ0v) is 14.5. The summed E-state index contributed by atoms with van der Waals surface area (Å²) in [5.74, 6) is 2.70. The van der Waals surface area contributed by atoms with Crippen LogP contribution in [0.2, 0.25) is 0 Å². The Hall–Kier alpha value is -2.40. The van der Waals surface area contributed by atoms with Crippen molar-refractivity contribution in [2.75, 3.05) is 13.1 Å². The number of fused-ring (bicyclic) bond motifs is 2. The molecule has 0 bridgehead atoms. The van der Waals surface area contributed by atoms with Crippen molar-refractivity contribution in [3.8, 4) is 11.3 Å². The Balaban J connectivity index is 1.35. The van der Waals surface area contributed by atoms with Gasteiger partial charge in [0.15, 0.2) is 0 Å². The maximum atomic E-state index is 4.72. The van der Waals surface area contributed by atoms with E-state index in [1.165, 1.54) is 35.7 Å². The molecule has 0 aliphatic carbocycles. The third-order valence-electron chi connectivity index (χ3n) is 5.70. The van der Waals surface area contributed by atoms with Crippen molar-refractivity contribution in [3.63, 3.8) is 0 Å². The number of hydrogen-bond donors (Lipinski definition) is 0. The Bertz CT molecular complexity index is 879. The van der Waals surface area contributed by atoms with Crippen molar-refractivity contribution in [3.05, 3.63) is 60.3 Å². The summed E-state index contributed by atoms with van der Waals surface area (Å²) >= 11 is 0. The van der Waals surface area contributed by atoms with Gasteiger partial charge in [-0.05, 0) is 17.4 Å². The third-order valence-corrected chi connectivity index (χ3v) is 5.70. The van der Waals surface area contributed by atoms with Gasteiger partial charge < -0.3 is 4.57 Å². The second kappa shape index (κ2) is 5.85. The lowest BCUT2D eigenvalue weighted by Gasteiger charge is -2.26. The smallest absolute Gasteiger partial charge is 0.109 e. The van der Waals surface area contributed by atoms with Crippen molar-refractivity contribution in [2.24, 2.45) is 18.9 Å². The van der Waals surface area contributed by atoms with Crippen LogP contribution in [0.3, 0.4) is 0 Å². The molecule has 3 aromatic rings. The minimum absolute atomic E-state index is 0.723. The molecule has 2 atom stereocenters. The van der Waals surface area contributed by atoms with Crippen LogP contribution in [0.25, 0.3) is 11.3 Å². The molecule has 2 aliphatic heterocycles. The number of aryl methyl sites for hydroxylation is 1. The van der Waals surface area contributed by atoms with Gasteiger partial charge in [0.2, 0.25) is 0 Å². The molecule has 5 rings (SSSR count). The third kappa shape index (κ3) is 2.68. The van der Waals surface area contributed by atoms with Gasteiger partial charge >= 0.3 is 0 Å². The van der Waals surface area contributed by atoms with Crippen LogP contribution in [-0.2, 0) is 26.6 Å². The van der Waals surface area contributed by atoms with E-state index in [0.29, 0.717) is 0 Å². The summed E-state index contributed by atoms with van der Waals surface area (Å²) in [5.41, 5.74) is 3.79. The Labute approximate surface area is 147 Å². The maximum absolute atomic E-state index is 4.72. The fourth-order valence-corrected chi connectivity index (χ4v) is 4.48. The van der Waals surface area contributed by atoms with E-state index < -0.39 is 0 Å². The van der Waals surface area contributed by atoms with E-state index >= 15 is 0 Å². The summed E-state index contributed by atoms with van der Waals surface area (Å²) < 4.78 is 4.28. The van der Waals surface area contributed by atoms with E-state index in [4.69, 9.17) is 4.98 Å². The van der Waals surface area contributed by atoms with Crippen LogP contribution in [0, 0.1) is 11.8 Å². The lowest BCUT2D eigenvalue weighted by atomic mass is 9.89. The molecule has 5 nitrogen and oxygen atoms in total. The van der Waals surface area contributed by atoms with Gasteiger partial charge in [-0.2, -0.15) is 5.10 Å². The molecule has 2 unspecified atom stereocenters. The molecule has 0 amide bonds. The molecule has 2 aromatic heterocycles. The first-order chi connectivity index (χ1) is 12.3. The lowest BCUT2D eigenvalue weighted by molar-refractivity contribution is 0.307. The SMILES string of the molecule is Cn1cc(-c2cnc3n2CC2CN(Cc4ccccc4)CC2C3)cn1. The Kier molecular flexibility index (Phi) is 3.48. The molecule has 0 N–H and O–H groups in total. The summed E-state index contributed by atoms with van der Waals surface area (Å²) in [4.78, 5) is 7.33. The predicted molar refractivity (Wildman–Crippen MR) is 96.8 cm³/mol. The normalized spacial score (nSPS) is 22.8. The monoisotopic (exact) mass is 333 g/mol.